The van der Waals surface area contributed by atoms with Crippen LogP contribution in [0, 0.1) is 0 Å². The highest BCUT2D eigenvalue weighted by Gasteiger charge is 1.97. The van der Waals surface area contributed by atoms with Gasteiger partial charge in [-0.2, -0.15) is 0 Å². The molecule has 2 aromatic rings. The minimum absolute atomic E-state index is 0.201. The van der Waals surface area contributed by atoms with Gasteiger partial charge in [-0.25, -0.2) is 4.79 Å². The van der Waals surface area contributed by atoms with Gasteiger partial charge < -0.3 is 5.11 Å². The fourth-order valence-electron chi connectivity index (χ4n) is 1.66. The van der Waals surface area contributed by atoms with Crippen LogP contribution in [-0.2, 0) is 4.79 Å². The maximum Gasteiger partial charge on any atom is 0.339 e. The molecular formula is C17H14O2. The highest BCUT2D eigenvalue weighted by molar-refractivity contribution is 5.86. The second kappa shape index (κ2) is 5.85. The lowest BCUT2D eigenvalue weighted by molar-refractivity contribution is -0.132. The number of aliphatic carboxylic acids is 1. The largest absolute Gasteiger partial charge is 0.477 e. The number of carboxylic acids is 1. The lowest BCUT2D eigenvalue weighted by Crippen LogP contribution is -1.93. The Morgan fingerprint density at radius 1 is 1.00 bits per heavy atom. The van der Waals surface area contributed by atoms with E-state index in [4.69, 9.17) is 5.11 Å². The van der Waals surface area contributed by atoms with E-state index in [-0.39, 0.29) is 5.57 Å². The van der Waals surface area contributed by atoms with Crippen molar-refractivity contribution in [3.05, 3.63) is 71.5 Å². The first-order valence-electron chi connectivity index (χ1n) is 5.99. The number of carbonyl (C=O) groups is 1. The summed E-state index contributed by atoms with van der Waals surface area (Å²) in [5.41, 5.74) is 6.18. The Kier molecular flexibility index (Phi) is 3.97. The summed E-state index contributed by atoms with van der Waals surface area (Å²) in [5, 5.41) is 8.73. The Balaban J connectivity index is 2.25. The van der Waals surface area contributed by atoms with Crippen LogP contribution in [-0.4, -0.2) is 11.1 Å². The van der Waals surface area contributed by atoms with Crippen molar-refractivity contribution < 1.29 is 9.90 Å². The third kappa shape index (κ3) is 3.44. The van der Waals surface area contributed by atoms with Gasteiger partial charge in [-0.15, -0.1) is 5.73 Å². The molecule has 0 aromatic heterocycles. The Morgan fingerprint density at radius 3 is 2.16 bits per heavy atom. The van der Waals surface area contributed by atoms with Crippen LogP contribution in [0.2, 0.25) is 0 Å². The highest BCUT2D eigenvalue weighted by Crippen LogP contribution is 2.19. The fraction of sp³-hybridized carbons (Fsp3) is 0.0588. The average molecular weight is 250 g/mol. The Bertz CT molecular complexity index is 631. The molecule has 0 bridgehead atoms. The van der Waals surface area contributed by atoms with E-state index in [1.54, 1.807) is 6.08 Å². The molecule has 0 atom stereocenters. The van der Waals surface area contributed by atoms with E-state index in [2.05, 4.69) is 17.9 Å². The third-order valence-electron chi connectivity index (χ3n) is 2.79. The zero-order chi connectivity index (χ0) is 13.7. The Morgan fingerprint density at radius 2 is 1.58 bits per heavy atom. The summed E-state index contributed by atoms with van der Waals surface area (Å²) in [6.45, 7) is 1.52. The van der Waals surface area contributed by atoms with E-state index in [0.29, 0.717) is 0 Å². The second-order valence-corrected chi connectivity index (χ2v) is 4.21. The van der Waals surface area contributed by atoms with Crippen molar-refractivity contribution in [1.29, 1.82) is 0 Å². The number of rotatable bonds is 3. The van der Waals surface area contributed by atoms with Gasteiger partial charge in [0.15, 0.2) is 0 Å². The molecule has 0 aliphatic rings. The molecule has 2 aromatic carbocycles. The Labute approximate surface area is 112 Å². The van der Waals surface area contributed by atoms with Gasteiger partial charge in [-0.1, -0.05) is 54.6 Å². The minimum atomic E-state index is -0.947. The van der Waals surface area contributed by atoms with E-state index in [0.717, 1.165) is 16.7 Å². The van der Waals surface area contributed by atoms with Crippen LogP contribution in [0.25, 0.3) is 17.2 Å². The monoisotopic (exact) mass is 250 g/mol. The van der Waals surface area contributed by atoms with Crippen molar-refractivity contribution >= 4 is 12.0 Å². The molecule has 0 aliphatic heterocycles. The molecule has 2 nitrogen and oxygen atoms in total. The van der Waals surface area contributed by atoms with E-state index >= 15 is 0 Å². The number of benzene rings is 2. The number of carboxylic acid groups (broad SMARTS) is 1. The predicted molar refractivity (Wildman–Crippen MR) is 76.7 cm³/mol. The van der Waals surface area contributed by atoms with Gasteiger partial charge in [0.2, 0.25) is 0 Å². The van der Waals surface area contributed by atoms with Gasteiger partial charge in [0.05, 0.1) is 5.57 Å². The smallest absolute Gasteiger partial charge is 0.339 e. The molecule has 0 amide bonds. The maximum absolute atomic E-state index is 10.6. The summed E-state index contributed by atoms with van der Waals surface area (Å²) >= 11 is 0. The summed E-state index contributed by atoms with van der Waals surface area (Å²) in [7, 11) is 0. The van der Waals surface area contributed by atoms with E-state index in [9.17, 15) is 4.79 Å². The quantitative estimate of drug-likeness (QED) is 0.660. The molecule has 1 N–H and O–H groups in total. The molecule has 0 radical (unpaired) electrons. The van der Waals surface area contributed by atoms with Gasteiger partial charge in [0, 0.05) is 0 Å². The summed E-state index contributed by atoms with van der Waals surface area (Å²) < 4.78 is 0. The minimum Gasteiger partial charge on any atom is -0.477 e. The van der Waals surface area contributed by atoms with E-state index < -0.39 is 5.97 Å². The summed E-state index contributed by atoms with van der Waals surface area (Å²) in [5.74, 6) is -0.947. The van der Waals surface area contributed by atoms with Crippen LogP contribution < -0.4 is 0 Å². The van der Waals surface area contributed by atoms with E-state index in [1.165, 1.54) is 6.92 Å². The SMILES string of the molecule is CC(=C=Cc1ccc(-c2ccccc2)cc1)C(=O)O. The molecule has 0 saturated heterocycles. The predicted octanol–water partition coefficient (Wildman–Crippen LogP) is 4.00. The maximum atomic E-state index is 10.6. The number of hydrogen-bond acceptors (Lipinski definition) is 1. The zero-order valence-electron chi connectivity index (χ0n) is 10.6. The molecule has 94 valence electrons. The molecule has 0 fully saturated rings. The standard InChI is InChI=1S/C17H14O2/c1-13(17(18)19)7-8-14-9-11-16(12-10-14)15-5-3-2-4-6-15/h2-6,8-12H,1H3,(H,18,19). The molecular weight excluding hydrogens is 236 g/mol. The molecule has 2 rings (SSSR count). The first-order chi connectivity index (χ1) is 9.16. The van der Waals surface area contributed by atoms with Crippen LogP contribution in [0.4, 0.5) is 0 Å². The summed E-state index contributed by atoms with van der Waals surface area (Å²) in [6, 6.07) is 18.0. The van der Waals surface area contributed by atoms with Crippen molar-refractivity contribution in [2.45, 2.75) is 6.92 Å². The third-order valence-corrected chi connectivity index (χ3v) is 2.79. The molecule has 0 aliphatic carbocycles. The molecule has 0 heterocycles. The van der Waals surface area contributed by atoms with E-state index in [1.807, 2.05) is 42.5 Å². The van der Waals surface area contributed by atoms with Crippen LogP contribution in [0.15, 0.2) is 65.9 Å². The summed E-state index contributed by atoms with van der Waals surface area (Å²) in [4.78, 5) is 10.6. The lowest BCUT2D eigenvalue weighted by atomic mass is 10.0. The normalized spacial score (nSPS) is 9.53. The van der Waals surface area contributed by atoms with Gasteiger partial charge in [0.25, 0.3) is 0 Å². The average Bonchev–Trinajstić information content (AvgIpc) is 2.46. The van der Waals surface area contributed by atoms with Crippen LogP contribution >= 0.6 is 0 Å². The highest BCUT2D eigenvalue weighted by atomic mass is 16.4. The van der Waals surface area contributed by atoms with Crippen molar-refractivity contribution in [3.8, 4) is 11.1 Å². The van der Waals surface area contributed by atoms with Crippen molar-refractivity contribution in [3.63, 3.8) is 0 Å². The Hall–Kier alpha value is -2.57. The van der Waals surface area contributed by atoms with Gasteiger partial charge in [0.1, 0.15) is 0 Å². The van der Waals surface area contributed by atoms with Gasteiger partial charge in [-0.05, 0) is 29.7 Å². The first kappa shape index (κ1) is 12.9. The van der Waals surface area contributed by atoms with Gasteiger partial charge in [-0.3, -0.25) is 0 Å². The topological polar surface area (TPSA) is 37.3 Å². The van der Waals surface area contributed by atoms with Crippen molar-refractivity contribution in [2.75, 3.05) is 0 Å². The van der Waals surface area contributed by atoms with Crippen LogP contribution in [0.5, 0.6) is 0 Å². The lowest BCUT2D eigenvalue weighted by Gasteiger charge is -2.01. The molecule has 19 heavy (non-hydrogen) atoms. The van der Waals surface area contributed by atoms with Crippen molar-refractivity contribution in [2.24, 2.45) is 0 Å². The first-order valence-corrected chi connectivity index (χ1v) is 5.99. The summed E-state index contributed by atoms with van der Waals surface area (Å²) in [6.07, 6.45) is 1.68. The molecule has 0 spiro atoms. The van der Waals surface area contributed by atoms with Crippen LogP contribution in [0.1, 0.15) is 12.5 Å². The molecule has 0 unspecified atom stereocenters. The zero-order valence-corrected chi connectivity index (χ0v) is 10.6. The molecule has 2 heteroatoms. The molecule has 0 saturated carbocycles. The van der Waals surface area contributed by atoms with Gasteiger partial charge >= 0.3 is 5.97 Å². The fourth-order valence-corrected chi connectivity index (χ4v) is 1.66. The number of hydrogen-bond donors (Lipinski definition) is 1. The van der Waals surface area contributed by atoms with Crippen molar-refractivity contribution in [1.82, 2.24) is 0 Å². The second-order valence-electron chi connectivity index (χ2n) is 4.21. The van der Waals surface area contributed by atoms with Crippen LogP contribution in [0.3, 0.4) is 0 Å².